The van der Waals surface area contributed by atoms with Gasteiger partial charge in [0.1, 0.15) is 0 Å². The molecule has 1 fully saturated rings. The molecule has 2 N–H and O–H groups in total. The molecule has 1 saturated heterocycles. The van der Waals surface area contributed by atoms with Crippen molar-refractivity contribution in [2.24, 2.45) is 5.41 Å². The number of carbonyl (C=O) groups excluding carboxylic acids is 2. The van der Waals surface area contributed by atoms with Crippen molar-refractivity contribution in [3.63, 3.8) is 0 Å². The van der Waals surface area contributed by atoms with E-state index in [1.807, 2.05) is 42.2 Å². The highest BCUT2D eigenvalue weighted by Crippen LogP contribution is 2.38. The first-order valence-electron chi connectivity index (χ1n) is 13.0. The van der Waals surface area contributed by atoms with Crippen LogP contribution < -0.4 is 15.5 Å². The first-order valence-corrected chi connectivity index (χ1v) is 13.8. The summed E-state index contributed by atoms with van der Waals surface area (Å²) in [5.41, 5.74) is 2.93. The minimum absolute atomic E-state index is 0.247. The van der Waals surface area contributed by atoms with Crippen molar-refractivity contribution >= 4 is 44.6 Å². The maximum atomic E-state index is 12.4. The highest BCUT2D eigenvalue weighted by atomic mass is 32.1. The van der Waals surface area contributed by atoms with Crippen LogP contribution in [0, 0.1) is 16.7 Å². The normalized spacial score (nSPS) is 14.4. The summed E-state index contributed by atoms with van der Waals surface area (Å²) < 4.78 is 6.05. The molecule has 0 atom stereocenters. The molecule has 3 aromatic heterocycles. The molecule has 40 heavy (non-hydrogen) atoms. The lowest BCUT2D eigenvalue weighted by Crippen LogP contribution is -2.45. The third-order valence-electron chi connectivity index (χ3n) is 6.74. The Hall–Kier alpha value is -4.63. The Bertz CT molecular complexity index is 1560. The Kier molecular flexibility index (Phi) is 7.84. The van der Waals surface area contributed by atoms with Gasteiger partial charge < -0.3 is 15.0 Å². The summed E-state index contributed by atoms with van der Waals surface area (Å²) in [6, 6.07) is 11.6. The maximum Gasteiger partial charge on any atom is 0.326 e. The van der Waals surface area contributed by atoms with Crippen molar-refractivity contribution < 1.29 is 14.3 Å². The van der Waals surface area contributed by atoms with E-state index >= 15 is 0 Å². The number of anilines is 2. The molecule has 0 bridgehead atoms. The van der Waals surface area contributed by atoms with Gasteiger partial charge in [-0.15, -0.1) is 0 Å². The van der Waals surface area contributed by atoms with Crippen LogP contribution in [0.5, 0.6) is 0 Å². The number of amides is 2. The zero-order valence-electron chi connectivity index (χ0n) is 22.2. The van der Waals surface area contributed by atoms with Gasteiger partial charge in [0, 0.05) is 49.4 Å². The highest BCUT2D eigenvalue weighted by molar-refractivity contribution is 7.22. The van der Waals surface area contributed by atoms with Gasteiger partial charge in [0.25, 0.3) is 0 Å². The summed E-state index contributed by atoms with van der Waals surface area (Å²) in [7, 11) is 0. The van der Waals surface area contributed by atoms with E-state index in [1.54, 1.807) is 25.5 Å². The molecular formula is C28H28N8O3S. The number of aromatic nitrogens is 4. The number of hydrogen-bond donors (Lipinski definition) is 2. The second-order valence-electron chi connectivity index (χ2n) is 9.26. The lowest BCUT2D eigenvalue weighted by molar-refractivity contribution is -0.153. The van der Waals surface area contributed by atoms with Gasteiger partial charge in [-0.3, -0.25) is 15.1 Å². The van der Waals surface area contributed by atoms with Crippen LogP contribution in [-0.4, -0.2) is 58.2 Å². The second kappa shape index (κ2) is 11.6. The van der Waals surface area contributed by atoms with Crippen LogP contribution in [0.3, 0.4) is 0 Å². The molecular weight excluding hydrogens is 528 g/mol. The van der Waals surface area contributed by atoms with E-state index in [2.05, 4.69) is 36.6 Å². The van der Waals surface area contributed by atoms with Crippen molar-refractivity contribution in [2.75, 3.05) is 36.5 Å². The summed E-state index contributed by atoms with van der Waals surface area (Å²) in [6.45, 7) is 5.30. The molecule has 2 amide bonds. The summed E-state index contributed by atoms with van der Waals surface area (Å²) in [4.78, 5) is 44.8. The van der Waals surface area contributed by atoms with Crippen molar-refractivity contribution in [2.45, 2.75) is 26.7 Å². The predicted octanol–water partition coefficient (Wildman–Crippen LogP) is 4.63. The Labute approximate surface area is 235 Å². The van der Waals surface area contributed by atoms with Gasteiger partial charge in [0.15, 0.2) is 10.5 Å². The molecule has 4 aromatic rings. The molecule has 0 aliphatic carbocycles. The minimum atomic E-state index is -1.12. The standard InChI is InChI=1S/C28H28N8O3S/c1-3-30-26(38)35-27-34-22-14-18(13-20(23(22)40-27)21-7-5-6-10-31-21)19-15-32-25(33-16-19)36-11-8-28(17-29,9-12-36)24(37)39-4-2/h5-7,10,13-16H,3-4,8-9,11-12H2,1-2H3,(H2,30,34,35,38). The van der Waals surface area contributed by atoms with Crippen LogP contribution in [0.1, 0.15) is 26.7 Å². The molecule has 1 aliphatic rings. The fraction of sp³-hybridized carbons (Fsp3) is 0.321. The summed E-state index contributed by atoms with van der Waals surface area (Å²) in [5, 5.41) is 15.7. The van der Waals surface area contributed by atoms with Crippen LogP contribution >= 0.6 is 11.3 Å². The van der Waals surface area contributed by atoms with E-state index in [0.717, 1.165) is 32.6 Å². The molecule has 4 heterocycles. The van der Waals surface area contributed by atoms with Crippen molar-refractivity contribution in [1.82, 2.24) is 25.3 Å². The van der Waals surface area contributed by atoms with Gasteiger partial charge in [-0.2, -0.15) is 5.26 Å². The monoisotopic (exact) mass is 556 g/mol. The number of nitrogens with zero attached hydrogens (tertiary/aromatic N) is 6. The predicted molar refractivity (Wildman–Crippen MR) is 153 cm³/mol. The van der Waals surface area contributed by atoms with E-state index in [9.17, 15) is 14.9 Å². The van der Waals surface area contributed by atoms with Crippen LogP contribution in [0.4, 0.5) is 15.9 Å². The molecule has 0 spiro atoms. The number of esters is 1. The van der Waals surface area contributed by atoms with Gasteiger partial charge in [-0.25, -0.2) is 19.7 Å². The van der Waals surface area contributed by atoms with Crippen LogP contribution in [0.2, 0.25) is 0 Å². The van der Waals surface area contributed by atoms with Gasteiger partial charge in [0.2, 0.25) is 5.95 Å². The lowest BCUT2D eigenvalue weighted by atomic mass is 9.80. The molecule has 11 nitrogen and oxygen atoms in total. The van der Waals surface area contributed by atoms with Gasteiger partial charge in [-0.05, 0) is 56.5 Å². The number of rotatable bonds is 7. The quantitative estimate of drug-likeness (QED) is 0.311. The largest absolute Gasteiger partial charge is 0.465 e. The average Bonchev–Trinajstić information content (AvgIpc) is 3.39. The third-order valence-corrected chi connectivity index (χ3v) is 7.76. The molecule has 204 valence electrons. The van der Waals surface area contributed by atoms with E-state index in [0.29, 0.717) is 43.6 Å². The zero-order valence-corrected chi connectivity index (χ0v) is 23.0. The lowest BCUT2D eigenvalue weighted by Gasteiger charge is -2.35. The maximum absolute atomic E-state index is 12.4. The number of benzene rings is 1. The number of nitrogens with one attached hydrogen (secondary N) is 2. The Morgan fingerprint density at radius 3 is 2.55 bits per heavy atom. The number of fused-ring (bicyclic) bond motifs is 1. The first-order chi connectivity index (χ1) is 19.5. The van der Waals surface area contributed by atoms with E-state index in [1.165, 1.54) is 11.3 Å². The zero-order chi connectivity index (χ0) is 28.1. The number of nitriles is 1. The highest BCUT2D eigenvalue weighted by Gasteiger charge is 2.43. The van der Waals surface area contributed by atoms with Crippen LogP contribution in [0.15, 0.2) is 48.9 Å². The van der Waals surface area contributed by atoms with Crippen LogP contribution in [-0.2, 0) is 9.53 Å². The number of piperidine rings is 1. The molecule has 0 radical (unpaired) electrons. The summed E-state index contributed by atoms with van der Waals surface area (Å²) >= 11 is 1.39. The first kappa shape index (κ1) is 27.0. The van der Waals surface area contributed by atoms with Crippen LogP contribution in [0.25, 0.3) is 32.6 Å². The third kappa shape index (κ3) is 5.41. The van der Waals surface area contributed by atoms with Gasteiger partial charge in [0.05, 0.1) is 28.6 Å². The van der Waals surface area contributed by atoms with E-state index in [4.69, 9.17) is 4.74 Å². The molecule has 1 aliphatic heterocycles. The SMILES string of the molecule is CCNC(=O)Nc1nc2cc(-c3cnc(N4CCC(C#N)(C(=O)OCC)CC4)nc3)cc(-c3ccccn3)c2s1. The number of urea groups is 1. The summed E-state index contributed by atoms with van der Waals surface area (Å²) in [5.74, 6) is 0.0752. The average molecular weight is 557 g/mol. The number of thiazole rings is 1. The number of carbonyl (C=O) groups is 2. The molecule has 1 aromatic carbocycles. The Morgan fingerprint density at radius 1 is 1.12 bits per heavy atom. The van der Waals surface area contributed by atoms with Crippen molar-refractivity contribution in [3.8, 4) is 28.5 Å². The summed E-state index contributed by atoms with van der Waals surface area (Å²) in [6.07, 6.45) is 5.96. The van der Waals surface area contributed by atoms with Crippen molar-refractivity contribution in [1.29, 1.82) is 5.26 Å². The Morgan fingerprint density at radius 2 is 1.90 bits per heavy atom. The Balaban J connectivity index is 1.42. The fourth-order valence-corrected chi connectivity index (χ4v) is 5.58. The second-order valence-corrected chi connectivity index (χ2v) is 10.3. The number of hydrogen-bond acceptors (Lipinski definition) is 10. The van der Waals surface area contributed by atoms with E-state index in [-0.39, 0.29) is 12.6 Å². The fourth-order valence-electron chi connectivity index (χ4n) is 4.62. The van der Waals surface area contributed by atoms with Crippen molar-refractivity contribution in [3.05, 3.63) is 48.9 Å². The molecule has 12 heteroatoms. The topological polar surface area (TPSA) is 146 Å². The van der Waals surface area contributed by atoms with Gasteiger partial charge >= 0.3 is 12.0 Å². The number of ether oxygens (including phenoxy) is 1. The molecule has 5 rings (SSSR count). The van der Waals surface area contributed by atoms with Gasteiger partial charge in [-0.1, -0.05) is 17.4 Å². The number of pyridine rings is 1. The minimum Gasteiger partial charge on any atom is -0.465 e. The molecule has 0 unspecified atom stereocenters. The smallest absolute Gasteiger partial charge is 0.326 e. The van der Waals surface area contributed by atoms with E-state index < -0.39 is 11.4 Å². The molecule has 0 saturated carbocycles.